The van der Waals surface area contributed by atoms with Crippen molar-refractivity contribution in [3.05, 3.63) is 46.6 Å². The summed E-state index contributed by atoms with van der Waals surface area (Å²) in [6.07, 6.45) is 0. The van der Waals surface area contributed by atoms with Crippen LogP contribution in [0.2, 0.25) is 5.15 Å². The van der Waals surface area contributed by atoms with Crippen LogP contribution in [0.4, 0.5) is 4.39 Å². The SMILES string of the molecule is Cc1nc(Cl)cc(-c2cc(F)ccc2C)n1. The fraction of sp³-hybridized carbons (Fsp3) is 0.167. The van der Waals surface area contributed by atoms with Crippen molar-refractivity contribution in [3.63, 3.8) is 0 Å². The van der Waals surface area contributed by atoms with Crippen molar-refractivity contribution in [1.82, 2.24) is 9.97 Å². The number of halogens is 2. The van der Waals surface area contributed by atoms with Crippen molar-refractivity contribution in [2.75, 3.05) is 0 Å². The molecule has 0 aliphatic heterocycles. The molecule has 4 heteroatoms. The van der Waals surface area contributed by atoms with Crippen molar-refractivity contribution in [2.45, 2.75) is 13.8 Å². The Morgan fingerprint density at radius 2 is 1.88 bits per heavy atom. The minimum absolute atomic E-state index is 0.284. The Labute approximate surface area is 98.1 Å². The fourth-order valence-electron chi connectivity index (χ4n) is 1.54. The molecule has 1 heterocycles. The van der Waals surface area contributed by atoms with E-state index in [0.717, 1.165) is 11.1 Å². The summed E-state index contributed by atoms with van der Waals surface area (Å²) in [4.78, 5) is 8.22. The average molecular weight is 237 g/mol. The van der Waals surface area contributed by atoms with Gasteiger partial charge < -0.3 is 0 Å². The highest BCUT2D eigenvalue weighted by molar-refractivity contribution is 6.29. The maximum Gasteiger partial charge on any atom is 0.133 e. The lowest BCUT2D eigenvalue weighted by Crippen LogP contribution is -1.94. The number of hydrogen-bond acceptors (Lipinski definition) is 2. The highest BCUT2D eigenvalue weighted by Gasteiger charge is 2.07. The first-order chi connectivity index (χ1) is 7.56. The van der Waals surface area contributed by atoms with Gasteiger partial charge in [0.25, 0.3) is 0 Å². The van der Waals surface area contributed by atoms with Crippen LogP contribution < -0.4 is 0 Å². The van der Waals surface area contributed by atoms with Crippen molar-refractivity contribution in [2.24, 2.45) is 0 Å². The molecule has 0 saturated heterocycles. The average Bonchev–Trinajstić information content (AvgIpc) is 2.20. The number of benzene rings is 1. The van der Waals surface area contributed by atoms with Gasteiger partial charge in [-0.25, -0.2) is 14.4 Å². The fourth-order valence-corrected chi connectivity index (χ4v) is 1.77. The maximum absolute atomic E-state index is 13.2. The third-order valence-electron chi connectivity index (χ3n) is 2.28. The highest BCUT2D eigenvalue weighted by atomic mass is 35.5. The Kier molecular flexibility index (Phi) is 2.88. The summed E-state index contributed by atoms with van der Waals surface area (Å²) in [5.41, 5.74) is 2.34. The first-order valence-electron chi connectivity index (χ1n) is 4.84. The number of hydrogen-bond donors (Lipinski definition) is 0. The van der Waals surface area contributed by atoms with Crippen molar-refractivity contribution in [3.8, 4) is 11.3 Å². The Hall–Kier alpha value is -1.48. The molecular weight excluding hydrogens is 227 g/mol. The van der Waals surface area contributed by atoms with Crippen LogP contribution in [0.25, 0.3) is 11.3 Å². The van der Waals surface area contributed by atoms with E-state index in [2.05, 4.69) is 9.97 Å². The van der Waals surface area contributed by atoms with E-state index in [-0.39, 0.29) is 5.82 Å². The second-order valence-corrected chi connectivity index (χ2v) is 3.97. The Morgan fingerprint density at radius 3 is 2.56 bits per heavy atom. The summed E-state index contributed by atoms with van der Waals surface area (Å²) in [5.74, 6) is 0.291. The lowest BCUT2D eigenvalue weighted by Gasteiger charge is -2.06. The zero-order chi connectivity index (χ0) is 11.7. The zero-order valence-electron chi connectivity index (χ0n) is 8.96. The second-order valence-electron chi connectivity index (χ2n) is 3.58. The minimum atomic E-state index is -0.284. The second kappa shape index (κ2) is 4.18. The van der Waals surface area contributed by atoms with Crippen LogP contribution in [0.5, 0.6) is 0 Å². The number of aromatic nitrogens is 2. The zero-order valence-corrected chi connectivity index (χ0v) is 9.72. The number of nitrogens with zero attached hydrogens (tertiary/aromatic N) is 2. The topological polar surface area (TPSA) is 25.8 Å². The molecule has 2 nitrogen and oxygen atoms in total. The predicted molar refractivity (Wildman–Crippen MR) is 61.9 cm³/mol. The van der Waals surface area contributed by atoms with Crippen LogP contribution in [0, 0.1) is 19.7 Å². The monoisotopic (exact) mass is 236 g/mol. The van der Waals surface area contributed by atoms with E-state index in [9.17, 15) is 4.39 Å². The van der Waals surface area contributed by atoms with Gasteiger partial charge in [-0.1, -0.05) is 17.7 Å². The van der Waals surface area contributed by atoms with Crippen LogP contribution in [0.1, 0.15) is 11.4 Å². The van der Waals surface area contributed by atoms with E-state index < -0.39 is 0 Å². The Morgan fingerprint density at radius 1 is 1.12 bits per heavy atom. The molecule has 16 heavy (non-hydrogen) atoms. The largest absolute Gasteiger partial charge is 0.233 e. The highest BCUT2D eigenvalue weighted by Crippen LogP contribution is 2.24. The summed E-state index contributed by atoms with van der Waals surface area (Å²) in [6, 6.07) is 6.23. The molecule has 0 atom stereocenters. The summed E-state index contributed by atoms with van der Waals surface area (Å²) < 4.78 is 13.2. The van der Waals surface area contributed by atoms with Crippen molar-refractivity contribution in [1.29, 1.82) is 0 Å². The molecule has 2 aromatic rings. The first-order valence-corrected chi connectivity index (χ1v) is 5.22. The van der Waals surface area contributed by atoms with Gasteiger partial charge in [-0.2, -0.15) is 0 Å². The van der Waals surface area contributed by atoms with E-state index in [1.54, 1.807) is 19.1 Å². The first kappa shape index (κ1) is 11.0. The summed E-state index contributed by atoms with van der Waals surface area (Å²) in [6.45, 7) is 3.66. The van der Waals surface area contributed by atoms with E-state index in [4.69, 9.17) is 11.6 Å². The van der Waals surface area contributed by atoms with Crippen molar-refractivity contribution < 1.29 is 4.39 Å². The van der Waals surface area contributed by atoms with Gasteiger partial charge in [0.2, 0.25) is 0 Å². The molecule has 0 radical (unpaired) electrons. The molecule has 1 aromatic carbocycles. The lowest BCUT2D eigenvalue weighted by atomic mass is 10.1. The lowest BCUT2D eigenvalue weighted by molar-refractivity contribution is 0.628. The van der Waals surface area contributed by atoms with Gasteiger partial charge in [-0.15, -0.1) is 0 Å². The Bertz CT molecular complexity index is 520. The third kappa shape index (κ3) is 2.19. The van der Waals surface area contributed by atoms with Gasteiger partial charge in [-0.05, 0) is 31.5 Å². The van der Waals surface area contributed by atoms with Gasteiger partial charge in [0.05, 0.1) is 5.69 Å². The molecule has 0 bridgehead atoms. The molecular formula is C12H10ClFN2. The standard InChI is InChI=1S/C12H10ClFN2/c1-7-3-4-9(14)5-10(7)11-6-12(13)16-8(2)15-11/h3-6H,1-2H3. The van der Waals surface area contributed by atoms with Crippen LogP contribution in [0.15, 0.2) is 24.3 Å². The quantitative estimate of drug-likeness (QED) is 0.708. The molecule has 2 rings (SSSR count). The summed E-state index contributed by atoms with van der Waals surface area (Å²) in [5, 5.41) is 0.367. The molecule has 0 unspecified atom stereocenters. The van der Waals surface area contributed by atoms with Crippen molar-refractivity contribution >= 4 is 11.6 Å². The van der Waals surface area contributed by atoms with Crippen LogP contribution in [-0.2, 0) is 0 Å². The van der Waals surface area contributed by atoms with Gasteiger partial charge in [0.1, 0.15) is 16.8 Å². The summed E-state index contributed by atoms with van der Waals surface area (Å²) in [7, 11) is 0. The molecule has 82 valence electrons. The third-order valence-corrected chi connectivity index (χ3v) is 2.48. The number of rotatable bonds is 1. The van der Waals surface area contributed by atoms with E-state index in [0.29, 0.717) is 16.7 Å². The molecule has 1 aromatic heterocycles. The maximum atomic E-state index is 13.2. The van der Waals surface area contributed by atoms with E-state index >= 15 is 0 Å². The minimum Gasteiger partial charge on any atom is -0.233 e. The van der Waals surface area contributed by atoms with Gasteiger partial charge in [0.15, 0.2) is 0 Å². The van der Waals surface area contributed by atoms with Gasteiger partial charge >= 0.3 is 0 Å². The molecule has 0 N–H and O–H groups in total. The Balaban J connectivity index is 2.62. The molecule has 0 aliphatic carbocycles. The molecule has 0 saturated carbocycles. The molecule has 0 spiro atoms. The molecule has 0 amide bonds. The number of aryl methyl sites for hydroxylation is 2. The summed E-state index contributed by atoms with van der Waals surface area (Å²) >= 11 is 5.85. The van der Waals surface area contributed by atoms with Crippen LogP contribution >= 0.6 is 11.6 Å². The molecule has 0 fully saturated rings. The van der Waals surface area contributed by atoms with Gasteiger partial charge in [-0.3, -0.25) is 0 Å². The molecule has 0 aliphatic rings. The van der Waals surface area contributed by atoms with Crippen LogP contribution in [-0.4, -0.2) is 9.97 Å². The van der Waals surface area contributed by atoms with Crippen LogP contribution in [0.3, 0.4) is 0 Å². The van der Waals surface area contributed by atoms with E-state index in [1.807, 2.05) is 6.92 Å². The smallest absolute Gasteiger partial charge is 0.133 e. The normalized spacial score (nSPS) is 10.5. The van der Waals surface area contributed by atoms with E-state index in [1.165, 1.54) is 12.1 Å². The van der Waals surface area contributed by atoms with Gasteiger partial charge in [0, 0.05) is 11.6 Å². The predicted octanol–water partition coefficient (Wildman–Crippen LogP) is 3.55.